The van der Waals surface area contributed by atoms with Crippen molar-refractivity contribution in [2.75, 3.05) is 6.26 Å². The van der Waals surface area contributed by atoms with Gasteiger partial charge in [-0.15, -0.1) is 0 Å². The second kappa shape index (κ2) is 4.13. The number of sulfonamides is 1. The van der Waals surface area contributed by atoms with Crippen molar-refractivity contribution in [1.82, 2.24) is 14.7 Å². The predicted octanol–water partition coefficient (Wildman–Crippen LogP) is -0.603. The summed E-state index contributed by atoms with van der Waals surface area (Å²) in [6, 6.07) is 1.82. The Labute approximate surface area is 81.7 Å². The third kappa shape index (κ3) is 3.08. The molecule has 0 saturated heterocycles. The van der Waals surface area contributed by atoms with Crippen LogP contribution in [0.5, 0.6) is 0 Å². The van der Waals surface area contributed by atoms with Crippen LogP contribution in [0.4, 0.5) is 0 Å². The van der Waals surface area contributed by atoms with Crippen LogP contribution in [0.3, 0.4) is 0 Å². The molecule has 0 bridgehead atoms. The molecule has 1 aromatic rings. The van der Waals surface area contributed by atoms with Crippen molar-refractivity contribution in [3.05, 3.63) is 23.8 Å². The first kappa shape index (κ1) is 10.6. The first-order valence-electron chi connectivity index (χ1n) is 3.67. The molecule has 0 aromatic carbocycles. The highest BCUT2D eigenvalue weighted by Gasteiger charge is 2.06. The first-order chi connectivity index (χ1) is 6.53. The lowest BCUT2D eigenvalue weighted by Gasteiger charge is -2.01. The Kier molecular flexibility index (Phi) is 3.11. The molecule has 0 atom stereocenters. The summed E-state index contributed by atoms with van der Waals surface area (Å²) in [5.41, 5.74) is 0.448. The van der Waals surface area contributed by atoms with Crippen LogP contribution in [-0.2, 0) is 16.6 Å². The van der Waals surface area contributed by atoms with Gasteiger partial charge in [0.15, 0.2) is 5.69 Å². The minimum atomic E-state index is -3.27. The quantitative estimate of drug-likeness (QED) is 0.721. The van der Waals surface area contributed by atoms with Crippen molar-refractivity contribution >= 4 is 10.0 Å². The van der Waals surface area contributed by atoms with Crippen molar-refractivity contribution in [3.8, 4) is 6.07 Å². The molecule has 0 spiro atoms. The summed E-state index contributed by atoms with van der Waals surface area (Å²) in [6.45, 7) is -0.0183. The molecule has 0 amide bonds. The molecule has 0 saturated carbocycles. The molecule has 1 heterocycles. The molecule has 1 rings (SSSR count). The Morgan fingerprint density at radius 2 is 2.14 bits per heavy atom. The van der Waals surface area contributed by atoms with E-state index in [1.807, 2.05) is 6.07 Å². The van der Waals surface area contributed by atoms with Gasteiger partial charge < -0.3 is 0 Å². The zero-order valence-electron chi connectivity index (χ0n) is 7.43. The Morgan fingerprint density at radius 3 is 2.71 bits per heavy atom. The number of rotatable bonds is 3. The van der Waals surface area contributed by atoms with Gasteiger partial charge >= 0.3 is 0 Å². The minimum absolute atomic E-state index is 0.0183. The lowest BCUT2D eigenvalue weighted by atomic mass is 10.3. The highest BCUT2D eigenvalue weighted by molar-refractivity contribution is 7.88. The van der Waals surface area contributed by atoms with E-state index in [0.717, 1.165) is 6.26 Å². The van der Waals surface area contributed by atoms with Crippen molar-refractivity contribution in [1.29, 1.82) is 5.26 Å². The molecule has 1 N–H and O–H groups in total. The van der Waals surface area contributed by atoms with E-state index in [0.29, 0.717) is 5.69 Å². The second-order valence-electron chi connectivity index (χ2n) is 2.56. The molecular formula is C7H8N4O2S. The molecule has 74 valence electrons. The largest absolute Gasteiger partial charge is 0.255 e. The summed E-state index contributed by atoms with van der Waals surface area (Å²) in [7, 11) is -3.27. The Balaban J connectivity index is 2.83. The summed E-state index contributed by atoms with van der Waals surface area (Å²) in [5.74, 6) is 0. The molecule has 0 aliphatic carbocycles. The van der Waals surface area contributed by atoms with Gasteiger partial charge in [0, 0.05) is 12.4 Å². The van der Waals surface area contributed by atoms with Gasteiger partial charge in [-0.25, -0.2) is 18.1 Å². The van der Waals surface area contributed by atoms with Gasteiger partial charge in [0.2, 0.25) is 10.0 Å². The van der Waals surface area contributed by atoms with Crippen LogP contribution in [0.2, 0.25) is 0 Å². The number of hydrogen-bond acceptors (Lipinski definition) is 5. The minimum Gasteiger partial charge on any atom is -0.255 e. The van der Waals surface area contributed by atoms with E-state index in [9.17, 15) is 8.42 Å². The van der Waals surface area contributed by atoms with Gasteiger partial charge in [-0.2, -0.15) is 5.26 Å². The molecule has 0 unspecified atom stereocenters. The van der Waals surface area contributed by atoms with Crippen LogP contribution < -0.4 is 4.72 Å². The maximum Gasteiger partial charge on any atom is 0.209 e. The third-order valence-corrected chi connectivity index (χ3v) is 2.05. The molecule has 0 fully saturated rings. The van der Waals surface area contributed by atoms with Gasteiger partial charge in [0.05, 0.1) is 18.5 Å². The molecule has 14 heavy (non-hydrogen) atoms. The summed E-state index contributed by atoms with van der Waals surface area (Å²) < 4.78 is 23.8. The van der Waals surface area contributed by atoms with Gasteiger partial charge in [-0.05, 0) is 0 Å². The third-order valence-electron chi connectivity index (χ3n) is 1.38. The first-order valence-corrected chi connectivity index (χ1v) is 5.56. The highest BCUT2D eigenvalue weighted by Crippen LogP contribution is 1.99. The van der Waals surface area contributed by atoms with Crippen LogP contribution >= 0.6 is 0 Å². The molecule has 0 radical (unpaired) electrons. The molecule has 1 aromatic heterocycles. The van der Waals surface area contributed by atoms with Crippen LogP contribution in [0.15, 0.2) is 12.4 Å². The molecule has 6 nitrogen and oxygen atoms in total. The summed E-state index contributed by atoms with van der Waals surface area (Å²) in [5, 5.41) is 8.62. The monoisotopic (exact) mass is 212 g/mol. The lowest BCUT2D eigenvalue weighted by Crippen LogP contribution is -2.22. The van der Waals surface area contributed by atoms with Crippen molar-refractivity contribution in [2.24, 2.45) is 0 Å². The predicted molar refractivity (Wildman–Crippen MR) is 48.4 cm³/mol. The van der Waals surface area contributed by atoms with Crippen molar-refractivity contribution in [3.63, 3.8) is 0 Å². The van der Waals surface area contributed by atoms with Gasteiger partial charge in [0.25, 0.3) is 0 Å². The summed E-state index contributed by atoms with van der Waals surface area (Å²) >= 11 is 0. The fourth-order valence-corrected chi connectivity index (χ4v) is 1.19. The SMILES string of the molecule is CS(=O)(=O)NCc1nccnc1C#N. The number of nitrogens with one attached hydrogen (secondary N) is 1. The van der Waals surface area contributed by atoms with Gasteiger partial charge in [0.1, 0.15) is 6.07 Å². The van der Waals surface area contributed by atoms with Crippen LogP contribution in [-0.4, -0.2) is 24.6 Å². The van der Waals surface area contributed by atoms with Crippen LogP contribution in [0.1, 0.15) is 11.4 Å². The zero-order chi connectivity index (χ0) is 10.6. The van der Waals surface area contributed by atoms with E-state index in [4.69, 9.17) is 5.26 Å². The van der Waals surface area contributed by atoms with E-state index in [-0.39, 0.29) is 12.2 Å². The average molecular weight is 212 g/mol. The van der Waals surface area contributed by atoms with Crippen molar-refractivity contribution < 1.29 is 8.42 Å². The fourth-order valence-electron chi connectivity index (χ4n) is 0.789. The van der Waals surface area contributed by atoms with Gasteiger partial charge in [-0.3, -0.25) is 4.98 Å². The smallest absolute Gasteiger partial charge is 0.209 e. The number of hydrogen-bond donors (Lipinski definition) is 1. The topological polar surface area (TPSA) is 95.7 Å². The van der Waals surface area contributed by atoms with Crippen LogP contribution in [0.25, 0.3) is 0 Å². The summed E-state index contributed by atoms with van der Waals surface area (Å²) in [6.07, 6.45) is 3.82. The number of aromatic nitrogens is 2. The zero-order valence-corrected chi connectivity index (χ0v) is 8.24. The normalized spacial score (nSPS) is 10.9. The number of nitrogens with zero attached hydrogens (tertiary/aromatic N) is 3. The van der Waals surface area contributed by atoms with Crippen molar-refractivity contribution in [2.45, 2.75) is 6.54 Å². The molecule has 0 aliphatic heterocycles. The summed E-state index contributed by atoms with van der Waals surface area (Å²) in [4.78, 5) is 7.58. The number of nitriles is 1. The van der Waals surface area contributed by atoms with E-state index in [1.165, 1.54) is 12.4 Å². The Bertz CT molecular complexity index is 463. The molecule has 0 aliphatic rings. The highest BCUT2D eigenvalue weighted by atomic mass is 32.2. The standard InChI is InChI=1S/C7H8N4O2S/c1-14(12,13)11-5-7-6(4-8)9-2-3-10-7/h2-3,11H,5H2,1H3. The molecule has 7 heteroatoms. The lowest BCUT2D eigenvalue weighted by molar-refractivity contribution is 0.586. The Morgan fingerprint density at radius 1 is 1.50 bits per heavy atom. The van der Waals surface area contributed by atoms with E-state index < -0.39 is 10.0 Å². The van der Waals surface area contributed by atoms with E-state index in [1.54, 1.807) is 0 Å². The van der Waals surface area contributed by atoms with Crippen LogP contribution in [0, 0.1) is 11.3 Å². The second-order valence-corrected chi connectivity index (χ2v) is 4.39. The van der Waals surface area contributed by atoms with E-state index >= 15 is 0 Å². The maximum atomic E-state index is 10.8. The van der Waals surface area contributed by atoms with E-state index in [2.05, 4.69) is 14.7 Å². The maximum absolute atomic E-state index is 10.8. The fraction of sp³-hybridized carbons (Fsp3) is 0.286. The molecular weight excluding hydrogens is 204 g/mol. The van der Waals surface area contributed by atoms with Gasteiger partial charge in [-0.1, -0.05) is 0 Å². The average Bonchev–Trinajstić information content (AvgIpc) is 2.14. The Hall–Kier alpha value is -1.52.